The molecule has 2 unspecified atom stereocenters. The molecule has 2 atom stereocenters. The Morgan fingerprint density at radius 2 is 1.74 bits per heavy atom. The van der Waals surface area contributed by atoms with Gasteiger partial charge in [0.2, 0.25) is 0 Å². The van der Waals surface area contributed by atoms with Crippen LogP contribution in [0, 0.1) is 19.8 Å². The van der Waals surface area contributed by atoms with Crippen LogP contribution in [-0.4, -0.2) is 49.3 Å². The Morgan fingerprint density at radius 1 is 1.11 bits per heavy atom. The fourth-order valence-corrected chi connectivity index (χ4v) is 3.08. The van der Waals surface area contributed by atoms with Crippen LogP contribution in [0.5, 0.6) is 0 Å². The maximum absolute atomic E-state index is 9.58. The molecule has 1 N–H and O–H groups in total. The molecule has 0 bridgehead atoms. The fourth-order valence-electron chi connectivity index (χ4n) is 3.08. The molecule has 0 radical (unpaired) electrons. The van der Waals surface area contributed by atoms with Gasteiger partial charge in [-0.25, -0.2) is 0 Å². The Hall–Kier alpha value is -1.06. The zero-order valence-corrected chi connectivity index (χ0v) is 12.6. The summed E-state index contributed by atoms with van der Waals surface area (Å²) in [5.74, 6) is 0.613. The largest absolute Gasteiger partial charge is 0.395 e. The molecule has 3 heteroatoms. The van der Waals surface area contributed by atoms with Gasteiger partial charge in [0.25, 0.3) is 0 Å². The van der Waals surface area contributed by atoms with Gasteiger partial charge >= 0.3 is 0 Å². The van der Waals surface area contributed by atoms with Crippen molar-refractivity contribution in [3.05, 3.63) is 29.3 Å². The first-order valence-electron chi connectivity index (χ1n) is 7.14. The molecule has 0 aliphatic carbocycles. The summed E-state index contributed by atoms with van der Waals surface area (Å²) in [6, 6.07) is 6.94. The number of aliphatic hydroxyl groups excluding tert-OH is 1. The maximum Gasteiger partial charge on any atom is 0.0604 e. The smallest absolute Gasteiger partial charge is 0.0604 e. The van der Waals surface area contributed by atoms with Gasteiger partial charge in [-0.3, -0.25) is 4.90 Å². The molecule has 19 heavy (non-hydrogen) atoms. The average Bonchev–Trinajstić information content (AvgIpc) is 2.46. The predicted molar refractivity (Wildman–Crippen MR) is 80.8 cm³/mol. The number of nitrogens with zero attached hydrogens (tertiary/aromatic N) is 2. The third kappa shape index (κ3) is 3.48. The zero-order valence-electron chi connectivity index (χ0n) is 12.6. The third-order valence-electron chi connectivity index (χ3n) is 3.97. The molecule has 1 heterocycles. The second-order valence-corrected chi connectivity index (χ2v) is 6.13. The second-order valence-electron chi connectivity index (χ2n) is 6.13. The molecule has 1 aromatic rings. The molecule has 1 aromatic carbocycles. The first kappa shape index (κ1) is 14.4. The quantitative estimate of drug-likeness (QED) is 0.883. The lowest BCUT2D eigenvalue weighted by molar-refractivity contribution is 0.151. The van der Waals surface area contributed by atoms with Crippen molar-refractivity contribution in [2.24, 2.45) is 5.92 Å². The van der Waals surface area contributed by atoms with Crippen molar-refractivity contribution in [2.45, 2.75) is 26.8 Å². The lowest BCUT2D eigenvalue weighted by atomic mass is 10.1. The van der Waals surface area contributed by atoms with E-state index in [0.29, 0.717) is 5.92 Å². The van der Waals surface area contributed by atoms with E-state index in [1.165, 1.54) is 16.8 Å². The number of aliphatic hydroxyl groups is 1. The van der Waals surface area contributed by atoms with Crippen molar-refractivity contribution in [1.29, 1.82) is 0 Å². The SMILES string of the molecule is Cc1cc(C)cc(N2CC(C)CN(C)C(CO)C2)c1. The number of hydrogen-bond donors (Lipinski definition) is 1. The molecular formula is C16H26N2O. The van der Waals surface area contributed by atoms with Gasteiger partial charge in [-0.1, -0.05) is 13.0 Å². The van der Waals surface area contributed by atoms with Gasteiger partial charge in [-0.15, -0.1) is 0 Å². The highest BCUT2D eigenvalue weighted by atomic mass is 16.3. The number of aryl methyl sites for hydroxylation is 2. The van der Waals surface area contributed by atoms with Crippen molar-refractivity contribution in [3.63, 3.8) is 0 Å². The first-order chi connectivity index (χ1) is 8.99. The van der Waals surface area contributed by atoms with E-state index < -0.39 is 0 Å². The summed E-state index contributed by atoms with van der Waals surface area (Å²) in [6.45, 7) is 9.81. The van der Waals surface area contributed by atoms with Gasteiger partial charge in [-0.2, -0.15) is 0 Å². The molecular weight excluding hydrogens is 236 g/mol. The number of likely N-dealkylation sites (N-methyl/N-ethyl adjacent to an activating group) is 1. The van der Waals surface area contributed by atoms with Crippen LogP contribution >= 0.6 is 0 Å². The first-order valence-corrected chi connectivity index (χ1v) is 7.14. The highest BCUT2D eigenvalue weighted by Crippen LogP contribution is 2.23. The van der Waals surface area contributed by atoms with E-state index in [4.69, 9.17) is 0 Å². The van der Waals surface area contributed by atoms with Crippen molar-refractivity contribution < 1.29 is 5.11 Å². The molecule has 1 aliphatic heterocycles. The van der Waals surface area contributed by atoms with Crippen LogP contribution < -0.4 is 4.90 Å². The van der Waals surface area contributed by atoms with Crippen LogP contribution in [-0.2, 0) is 0 Å². The summed E-state index contributed by atoms with van der Waals surface area (Å²) in [4.78, 5) is 4.71. The molecule has 3 nitrogen and oxygen atoms in total. The van der Waals surface area contributed by atoms with Gasteiger partial charge < -0.3 is 10.0 Å². The molecule has 0 saturated carbocycles. The van der Waals surface area contributed by atoms with Gasteiger partial charge in [0.15, 0.2) is 0 Å². The predicted octanol–water partition coefficient (Wildman–Crippen LogP) is 2.05. The monoisotopic (exact) mass is 262 g/mol. The Kier molecular flexibility index (Phi) is 4.48. The van der Waals surface area contributed by atoms with E-state index in [-0.39, 0.29) is 12.6 Å². The van der Waals surface area contributed by atoms with Crippen LogP contribution in [0.2, 0.25) is 0 Å². The highest BCUT2D eigenvalue weighted by molar-refractivity contribution is 5.51. The molecule has 0 aromatic heterocycles. The Bertz CT molecular complexity index is 413. The number of rotatable bonds is 2. The Labute approximate surface area is 116 Å². The average molecular weight is 262 g/mol. The minimum Gasteiger partial charge on any atom is -0.395 e. The number of benzene rings is 1. The molecule has 0 amide bonds. The van der Waals surface area contributed by atoms with E-state index in [2.05, 4.69) is 55.8 Å². The Balaban J connectivity index is 2.26. The molecule has 0 spiro atoms. The van der Waals surface area contributed by atoms with Gasteiger partial charge in [0.1, 0.15) is 0 Å². The van der Waals surface area contributed by atoms with Crippen LogP contribution in [0.25, 0.3) is 0 Å². The summed E-state index contributed by atoms with van der Waals surface area (Å²) in [7, 11) is 2.11. The normalized spacial score (nSPS) is 25.4. The third-order valence-corrected chi connectivity index (χ3v) is 3.97. The standard InChI is InChI=1S/C16H26N2O/c1-12-5-13(2)7-15(6-12)18-9-14(3)8-17(4)16(10-18)11-19/h5-7,14,16,19H,8-11H2,1-4H3. The highest BCUT2D eigenvalue weighted by Gasteiger charge is 2.25. The zero-order chi connectivity index (χ0) is 14.0. The van der Waals surface area contributed by atoms with E-state index in [1.54, 1.807) is 0 Å². The van der Waals surface area contributed by atoms with Gasteiger partial charge in [-0.05, 0) is 50.1 Å². The van der Waals surface area contributed by atoms with Gasteiger partial charge in [0.05, 0.1) is 6.61 Å². The van der Waals surface area contributed by atoms with Crippen molar-refractivity contribution in [2.75, 3.05) is 38.2 Å². The molecule has 2 rings (SSSR count). The molecule has 106 valence electrons. The van der Waals surface area contributed by atoms with Gasteiger partial charge in [0, 0.05) is 31.4 Å². The summed E-state index contributed by atoms with van der Waals surface area (Å²) >= 11 is 0. The summed E-state index contributed by atoms with van der Waals surface area (Å²) in [5.41, 5.74) is 3.90. The van der Waals surface area contributed by atoms with Crippen molar-refractivity contribution >= 4 is 5.69 Å². The molecule has 1 saturated heterocycles. The van der Waals surface area contributed by atoms with E-state index in [0.717, 1.165) is 19.6 Å². The minimum atomic E-state index is 0.227. The second kappa shape index (κ2) is 5.93. The van der Waals surface area contributed by atoms with Crippen LogP contribution in [0.4, 0.5) is 5.69 Å². The van der Waals surface area contributed by atoms with Crippen LogP contribution in [0.3, 0.4) is 0 Å². The van der Waals surface area contributed by atoms with Crippen molar-refractivity contribution in [3.8, 4) is 0 Å². The molecule has 1 fully saturated rings. The lowest BCUT2D eigenvalue weighted by Crippen LogP contribution is -2.41. The molecule has 1 aliphatic rings. The van der Waals surface area contributed by atoms with E-state index >= 15 is 0 Å². The maximum atomic E-state index is 9.58. The summed E-state index contributed by atoms with van der Waals surface area (Å²) in [5, 5.41) is 9.58. The summed E-state index contributed by atoms with van der Waals surface area (Å²) in [6.07, 6.45) is 0. The van der Waals surface area contributed by atoms with Crippen LogP contribution in [0.15, 0.2) is 18.2 Å². The number of anilines is 1. The fraction of sp³-hybridized carbons (Fsp3) is 0.625. The topological polar surface area (TPSA) is 26.7 Å². The lowest BCUT2D eigenvalue weighted by Gasteiger charge is -2.29. The van der Waals surface area contributed by atoms with E-state index in [1.807, 2.05) is 0 Å². The Morgan fingerprint density at radius 3 is 2.32 bits per heavy atom. The summed E-state index contributed by atoms with van der Waals surface area (Å²) < 4.78 is 0. The van der Waals surface area contributed by atoms with Crippen molar-refractivity contribution in [1.82, 2.24) is 4.90 Å². The van der Waals surface area contributed by atoms with Crippen LogP contribution in [0.1, 0.15) is 18.1 Å². The minimum absolute atomic E-state index is 0.227. The van der Waals surface area contributed by atoms with E-state index in [9.17, 15) is 5.11 Å². The number of hydrogen-bond acceptors (Lipinski definition) is 3.